The summed E-state index contributed by atoms with van der Waals surface area (Å²) in [6.07, 6.45) is -4.43. The number of nitrogens with one attached hydrogen (secondary N) is 1. The van der Waals surface area contributed by atoms with E-state index in [1.165, 1.54) is 17.8 Å². The van der Waals surface area contributed by atoms with Gasteiger partial charge in [0.2, 0.25) is 0 Å². The van der Waals surface area contributed by atoms with Crippen molar-refractivity contribution in [3.05, 3.63) is 95.6 Å². The van der Waals surface area contributed by atoms with Crippen LogP contribution in [0.5, 0.6) is 0 Å². The molecule has 0 radical (unpaired) electrons. The van der Waals surface area contributed by atoms with E-state index < -0.39 is 11.7 Å². The molecule has 5 nitrogen and oxygen atoms in total. The Bertz CT molecular complexity index is 1120. The highest BCUT2D eigenvalue weighted by Crippen LogP contribution is 2.29. The zero-order chi connectivity index (χ0) is 25.7. The molecule has 0 aliphatic carbocycles. The van der Waals surface area contributed by atoms with Crippen LogP contribution in [0.4, 0.5) is 24.5 Å². The second-order valence-electron chi connectivity index (χ2n) is 9.15. The minimum absolute atomic E-state index is 0.0578. The summed E-state index contributed by atoms with van der Waals surface area (Å²) in [5.41, 5.74) is 2.80. The molecule has 0 bridgehead atoms. The fraction of sp³-hybridized carbons (Fsp3) is 0.321. The molecule has 0 saturated carbocycles. The van der Waals surface area contributed by atoms with Crippen molar-refractivity contribution >= 4 is 17.3 Å². The predicted molar refractivity (Wildman–Crippen MR) is 138 cm³/mol. The standard InChI is InChI=1S/C28H31F3N4O/c1-33(2)24-14-10-21(11-15-24)26(35-18-16-34(17-19-35)25-6-4-3-5-7-25)20-32-27(36)22-8-12-23(13-9-22)28(29,30)31/h3-15,26H,16-20H2,1-2H3,(H,32,36)/t26-/m1/s1. The summed E-state index contributed by atoms with van der Waals surface area (Å²) in [5, 5.41) is 2.95. The average molecular weight is 497 g/mol. The van der Waals surface area contributed by atoms with E-state index in [4.69, 9.17) is 0 Å². The van der Waals surface area contributed by atoms with Gasteiger partial charge >= 0.3 is 6.18 Å². The Morgan fingerprint density at radius 1 is 0.889 bits per heavy atom. The van der Waals surface area contributed by atoms with Gasteiger partial charge in [-0.05, 0) is 54.1 Å². The highest BCUT2D eigenvalue weighted by atomic mass is 19.4. The maximum Gasteiger partial charge on any atom is 0.416 e. The number of anilines is 2. The maximum absolute atomic E-state index is 12.9. The van der Waals surface area contributed by atoms with Crippen molar-refractivity contribution in [3.63, 3.8) is 0 Å². The normalized spacial score (nSPS) is 15.4. The molecule has 8 heteroatoms. The molecular formula is C28H31F3N4O. The molecule has 36 heavy (non-hydrogen) atoms. The summed E-state index contributed by atoms with van der Waals surface area (Å²) in [7, 11) is 3.97. The van der Waals surface area contributed by atoms with Gasteiger partial charge in [-0.15, -0.1) is 0 Å². The van der Waals surface area contributed by atoms with Crippen LogP contribution in [0.25, 0.3) is 0 Å². The van der Waals surface area contributed by atoms with Gasteiger partial charge in [0.1, 0.15) is 0 Å². The minimum atomic E-state index is -4.43. The summed E-state index contributed by atoms with van der Waals surface area (Å²) in [4.78, 5) is 19.5. The Balaban J connectivity index is 1.47. The summed E-state index contributed by atoms with van der Waals surface area (Å²) in [6, 6.07) is 22.8. The second-order valence-corrected chi connectivity index (χ2v) is 9.15. The number of halogens is 3. The quantitative estimate of drug-likeness (QED) is 0.496. The van der Waals surface area contributed by atoms with Crippen molar-refractivity contribution in [2.24, 2.45) is 0 Å². The van der Waals surface area contributed by atoms with Gasteiger partial charge in [-0.25, -0.2) is 0 Å². The number of hydrogen-bond acceptors (Lipinski definition) is 4. The van der Waals surface area contributed by atoms with Crippen molar-refractivity contribution in [2.45, 2.75) is 12.2 Å². The zero-order valence-corrected chi connectivity index (χ0v) is 20.5. The van der Waals surface area contributed by atoms with Crippen LogP contribution in [0, 0.1) is 0 Å². The highest BCUT2D eigenvalue weighted by Gasteiger charge is 2.30. The highest BCUT2D eigenvalue weighted by molar-refractivity contribution is 5.94. The lowest BCUT2D eigenvalue weighted by Gasteiger charge is -2.40. The predicted octanol–water partition coefficient (Wildman–Crippen LogP) is 5.06. The Morgan fingerprint density at radius 3 is 2.06 bits per heavy atom. The van der Waals surface area contributed by atoms with E-state index in [1.807, 2.05) is 37.2 Å². The SMILES string of the molecule is CN(C)c1ccc([C@@H](CNC(=O)c2ccc(C(F)(F)F)cc2)N2CCN(c3ccccc3)CC2)cc1. The first-order valence-electron chi connectivity index (χ1n) is 12.0. The lowest BCUT2D eigenvalue weighted by Crippen LogP contribution is -2.50. The number of para-hydroxylation sites is 1. The second kappa shape index (κ2) is 11.0. The Kier molecular flexibility index (Phi) is 7.84. The Morgan fingerprint density at radius 2 is 1.50 bits per heavy atom. The molecule has 1 N–H and O–H groups in total. The third kappa shape index (κ3) is 6.18. The van der Waals surface area contributed by atoms with Crippen LogP contribution in [0.3, 0.4) is 0 Å². The summed E-state index contributed by atoms with van der Waals surface area (Å²) >= 11 is 0. The molecule has 4 rings (SSSR count). The van der Waals surface area contributed by atoms with Crippen molar-refractivity contribution in [2.75, 3.05) is 56.6 Å². The lowest BCUT2D eigenvalue weighted by molar-refractivity contribution is -0.137. The van der Waals surface area contributed by atoms with E-state index >= 15 is 0 Å². The molecule has 0 unspecified atom stereocenters. The number of piperazine rings is 1. The number of carbonyl (C=O) groups is 1. The van der Waals surface area contributed by atoms with Crippen LogP contribution in [0.15, 0.2) is 78.9 Å². The van der Waals surface area contributed by atoms with E-state index in [0.29, 0.717) is 6.54 Å². The van der Waals surface area contributed by atoms with Crippen LogP contribution in [0.2, 0.25) is 0 Å². The molecule has 1 aliphatic rings. The molecule has 0 aromatic heterocycles. The van der Waals surface area contributed by atoms with Crippen molar-refractivity contribution in [3.8, 4) is 0 Å². The van der Waals surface area contributed by atoms with E-state index in [0.717, 1.165) is 49.6 Å². The summed E-state index contributed by atoms with van der Waals surface area (Å²) < 4.78 is 38.6. The van der Waals surface area contributed by atoms with Gasteiger partial charge in [-0.1, -0.05) is 30.3 Å². The van der Waals surface area contributed by atoms with Crippen molar-refractivity contribution < 1.29 is 18.0 Å². The van der Waals surface area contributed by atoms with Gasteiger partial charge in [0.15, 0.2) is 0 Å². The topological polar surface area (TPSA) is 38.8 Å². The van der Waals surface area contributed by atoms with Crippen LogP contribution >= 0.6 is 0 Å². The first-order valence-corrected chi connectivity index (χ1v) is 12.0. The Hall–Kier alpha value is -3.52. The van der Waals surface area contributed by atoms with E-state index in [2.05, 4.69) is 51.5 Å². The van der Waals surface area contributed by atoms with Gasteiger partial charge in [0.25, 0.3) is 5.91 Å². The molecule has 0 spiro atoms. The monoisotopic (exact) mass is 496 g/mol. The first-order chi connectivity index (χ1) is 17.2. The number of benzene rings is 3. The number of carbonyl (C=O) groups excluding carboxylic acids is 1. The van der Waals surface area contributed by atoms with Gasteiger partial charge in [-0.3, -0.25) is 9.69 Å². The third-order valence-corrected chi connectivity index (χ3v) is 6.60. The first kappa shape index (κ1) is 25.6. The minimum Gasteiger partial charge on any atom is -0.378 e. The van der Waals surface area contributed by atoms with E-state index in [1.54, 1.807) is 0 Å². The maximum atomic E-state index is 12.9. The zero-order valence-electron chi connectivity index (χ0n) is 20.5. The largest absolute Gasteiger partial charge is 0.416 e. The molecule has 190 valence electrons. The molecule has 1 atom stereocenters. The van der Waals surface area contributed by atoms with Gasteiger partial charge in [-0.2, -0.15) is 13.2 Å². The van der Waals surface area contributed by atoms with Crippen LogP contribution < -0.4 is 15.1 Å². The summed E-state index contributed by atoms with van der Waals surface area (Å²) in [6.45, 7) is 3.73. The molecule has 3 aromatic rings. The number of alkyl halides is 3. The van der Waals surface area contributed by atoms with E-state index in [-0.39, 0.29) is 17.5 Å². The number of nitrogens with zero attached hydrogens (tertiary/aromatic N) is 3. The lowest BCUT2D eigenvalue weighted by atomic mass is 10.0. The molecule has 1 amide bonds. The summed E-state index contributed by atoms with van der Waals surface area (Å²) in [5.74, 6) is -0.387. The molecular weight excluding hydrogens is 465 g/mol. The Labute approximate surface area is 210 Å². The smallest absolute Gasteiger partial charge is 0.378 e. The van der Waals surface area contributed by atoms with Crippen LogP contribution in [-0.4, -0.2) is 57.6 Å². The fourth-order valence-corrected chi connectivity index (χ4v) is 4.49. The van der Waals surface area contributed by atoms with Gasteiger partial charge in [0.05, 0.1) is 11.6 Å². The van der Waals surface area contributed by atoms with Gasteiger partial charge < -0.3 is 15.1 Å². The molecule has 1 aliphatic heterocycles. The fourth-order valence-electron chi connectivity index (χ4n) is 4.49. The molecule has 3 aromatic carbocycles. The van der Waals surface area contributed by atoms with Gasteiger partial charge in [0, 0.05) is 63.8 Å². The van der Waals surface area contributed by atoms with Crippen molar-refractivity contribution in [1.29, 1.82) is 0 Å². The number of amides is 1. The number of rotatable bonds is 7. The molecule has 1 saturated heterocycles. The van der Waals surface area contributed by atoms with Crippen molar-refractivity contribution in [1.82, 2.24) is 10.2 Å². The molecule has 1 fully saturated rings. The van der Waals surface area contributed by atoms with Crippen LogP contribution in [-0.2, 0) is 6.18 Å². The number of hydrogen-bond donors (Lipinski definition) is 1. The average Bonchev–Trinajstić information content (AvgIpc) is 2.89. The van der Waals surface area contributed by atoms with E-state index in [9.17, 15) is 18.0 Å². The third-order valence-electron chi connectivity index (χ3n) is 6.60. The molecule has 1 heterocycles. The van der Waals surface area contributed by atoms with Crippen LogP contribution in [0.1, 0.15) is 27.5 Å².